The van der Waals surface area contributed by atoms with Crippen molar-refractivity contribution < 1.29 is 4.74 Å². The number of fused-ring (bicyclic) bond motifs is 1. The van der Waals surface area contributed by atoms with Crippen LogP contribution in [0.5, 0.6) is 5.75 Å². The Balaban J connectivity index is 2.19. The van der Waals surface area contributed by atoms with Crippen molar-refractivity contribution in [3.63, 3.8) is 0 Å². The van der Waals surface area contributed by atoms with Gasteiger partial charge in [0.2, 0.25) is 0 Å². The molecule has 0 N–H and O–H groups in total. The number of imidazole rings is 1. The number of ether oxygens (including phenoxy) is 1. The smallest absolute Gasteiger partial charge is 0.180 e. The van der Waals surface area contributed by atoms with Gasteiger partial charge >= 0.3 is 0 Å². The summed E-state index contributed by atoms with van der Waals surface area (Å²) in [5, 5.41) is 0. The van der Waals surface area contributed by atoms with E-state index in [1.54, 1.807) is 7.11 Å². The SMILES string of the molecule is COc1cccn2cc(-c3ccc(Cl)s3)nc12. The molecule has 0 aliphatic rings. The van der Waals surface area contributed by atoms with Gasteiger partial charge in [0.25, 0.3) is 0 Å². The van der Waals surface area contributed by atoms with E-state index in [-0.39, 0.29) is 0 Å². The van der Waals surface area contributed by atoms with Crippen LogP contribution in [0.1, 0.15) is 0 Å². The first kappa shape index (κ1) is 10.6. The molecule has 3 heterocycles. The lowest BCUT2D eigenvalue weighted by molar-refractivity contribution is 0.417. The maximum atomic E-state index is 5.93. The van der Waals surface area contributed by atoms with Crippen molar-refractivity contribution in [2.24, 2.45) is 0 Å². The fraction of sp³-hybridized carbons (Fsp3) is 0.0833. The molecule has 3 nitrogen and oxygen atoms in total. The molecule has 5 heteroatoms. The number of methoxy groups -OCH3 is 1. The van der Waals surface area contributed by atoms with Crippen molar-refractivity contribution in [1.82, 2.24) is 9.38 Å². The molecule has 86 valence electrons. The summed E-state index contributed by atoms with van der Waals surface area (Å²) in [6, 6.07) is 7.68. The van der Waals surface area contributed by atoms with Crippen LogP contribution < -0.4 is 4.74 Å². The van der Waals surface area contributed by atoms with Gasteiger partial charge in [0.1, 0.15) is 0 Å². The monoisotopic (exact) mass is 264 g/mol. The lowest BCUT2D eigenvalue weighted by atomic mass is 10.4. The van der Waals surface area contributed by atoms with E-state index in [4.69, 9.17) is 16.3 Å². The highest BCUT2D eigenvalue weighted by atomic mass is 35.5. The molecule has 0 atom stereocenters. The second-order valence-electron chi connectivity index (χ2n) is 3.54. The first-order valence-electron chi connectivity index (χ1n) is 5.05. The largest absolute Gasteiger partial charge is 0.493 e. The molecule has 17 heavy (non-hydrogen) atoms. The van der Waals surface area contributed by atoms with E-state index in [2.05, 4.69) is 4.98 Å². The van der Waals surface area contributed by atoms with Crippen molar-refractivity contribution >= 4 is 28.6 Å². The molecule has 0 bridgehead atoms. The van der Waals surface area contributed by atoms with Crippen LogP contribution in [0.2, 0.25) is 4.34 Å². The zero-order chi connectivity index (χ0) is 11.8. The molecule has 0 spiro atoms. The highest BCUT2D eigenvalue weighted by Gasteiger charge is 2.09. The van der Waals surface area contributed by atoms with Crippen LogP contribution in [-0.4, -0.2) is 16.5 Å². The van der Waals surface area contributed by atoms with Crippen LogP contribution in [0.15, 0.2) is 36.7 Å². The van der Waals surface area contributed by atoms with E-state index >= 15 is 0 Å². The Labute approximate surface area is 107 Å². The molecule has 3 aromatic heterocycles. The number of pyridine rings is 1. The second-order valence-corrected chi connectivity index (χ2v) is 5.25. The maximum absolute atomic E-state index is 5.93. The first-order valence-corrected chi connectivity index (χ1v) is 6.25. The summed E-state index contributed by atoms with van der Waals surface area (Å²) in [4.78, 5) is 5.61. The third-order valence-corrected chi connectivity index (χ3v) is 3.75. The van der Waals surface area contributed by atoms with Gasteiger partial charge in [-0.2, -0.15) is 0 Å². The molecule has 0 radical (unpaired) electrons. The Hall–Kier alpha value is -1.52. The van der Waals surface area contributed by atoms with Gasteiger partial charge in [0.15, 0.2) is 11.4 Å². The van der Waals surface area contributed by atoms with Crippen LogP contribution in [-0.2, 0) is 0 Å². The first-order chi connectivity index (χ1) is 8.28. The molecule has 0 amide bonds. The molecular weight excluding hydrogens is 256 g/mol. The molecule has 3 rings (SSSR count). The van der Waals surface area contributed by atoms with Crippen molar-refractivity contribution in [1.29, 1.82) is 0 Å². The lowest BCUT2D eigenvalue weighted by Gasteiger charge is -1.99. The van der Waals surface area contributed by atoms with E-state index < -0.39 is 0 Å². The van der Waals surface area contributed by atoms with E-state index in [9.17, 15) is 0 Å². The minimum atomic E-state index is 0.765. The Morgan fingerprint density at radius 2 is 2.24 bits per heavy atom. The van der Waals surface area contributed by atoms with Crippen LogP contribution >= 0.6 is 22.9 Å². The Morgan fingerprint density at radius 1 is 1.35 bits per heavy atom. The number of hydrogen-bond acceptors (Lipinski definition) is 3. The predicted octanol–water partition coefficient (Wildman–Crippen LogP) is 3.72. The summed E-state index contributed by atoms with van der Waals surface area (Å²) in [5.41, 5.74) is 1.72. The summed E-state index contributed by atoms with van der Waals surface area (Å²) >= 11 is 7.45. The standard InChI is InChI=1S/C12H9ClN2OS/c1-16-9-3-2-6-15-7-8(14-12(9)15)10-4-5-11(13)17-10/h2-7H,1H3. The van der Waals surface area contributed by atoms with E-state index in [1.807, 2.05) is 41.1 Å². The van der Waals surface area contributed by atoms with Gasteiger partial charge in [0.05, 0.1) is 22.0 Å². The third-order valence-electron chi connectivity index (χ3n) is 2.49. The molecular formula is C12H9ClN2OS. The number of halogens is 1. The molecule has 0 aliphatic heterocycles. The number of thiophene rings is 1. The van der Waals surface area contributed by atoms with Crippen molar-refractivity contribution in [2.75, 3.05) is 7.11 Å². The predicted molar refractivity (Wildman–Crippen MR) is 70.1 cm³/mol. The summed E-state index contributed by atoms with van der Waals surface area (Å²) in [7, 11) is 1.64. The highest BCUT2D eigenvalue weighted by molar-refractivity contribution is 7.19. The van der Waals surface area contributed by atoms with Crippen LogP contribution in [0.25, 0.3) is 16.2 Å². The summed E-state index contributed by atoms with van der Waals surface area (Å²) < 4.78 is 7.99. The summed E-state index contributed by atoms with van der Waals surface area (Å²) in [5.74, 6) is 0.765. The van der Waals surface area contributed by atoms with Crippen LogP contribution in [0, 0.1) is 0 Å². The molecule has 0 saturated heterocycles. The average molecular weight is 265 g/mol. The third kappa shape index (κ3) is 1.79. The van der Waals surface area contributed by atoms with Gasteiger partial charge in [-0.3, -0.25) is 0 Å². The lowest BCUT2D eigenvalue weighted by Crippen LogP contribution is -1.88. The molecule has 3 aromatic rings. The topological polar surface area (TPSA) is 26.5 Å². The fourth-order valence-electron chi connectivity index (χ4n) is 1.72. The fourth-order valence-corrected chi connectivity index (χ4v) is 2.71. The zero-order valence-corrected chi connectivity index (χ0v) is 10.6. The van der Waals surface area contributed by atoms with Crippen LogP contribution in [0.4, 0.5) is 0 Å². The maximum Gasteiger partial charge on any atom is 0.180 e. The molecule has 0 fully saturated rings. The minimum Gasteiger partial charge on any atom is -0.493 e. The van der Waals surface area contributed by atoms with Gasteiger partial charge in [0, 0.05) is 12.4 Å². The van der Waals surface area contributed by atoms with E-state index in [0.29, 0.717) is 0 Å². The number of rotatable bonds is 2. The summed E-state index contributed by atoms with van der Waals surface area (Å²) in [6.07, 6.45) is 3.92. The van der Waals surface area contributed by atoms with Gasteiger partial charge in [-0.25, -0.2) is 4.98 Å². The molecule has 0 aromatic carbocycles. The Bertz CT molecular complexity index is 674. The highest BCUT2D eigenvalue weighted by Crippen LogP contribution is 2.31. The molecule has 0 unspecified atom stereocenters. The Kier molecular flexibility index (Phi) is 2.53. The van der Waals surface area contributed by atoms with Gasteiger partial charge in [-0.05, 0) is 24.3 Å². The van der Waals surface area contributed by atoms with Gasteiger partial charge in [-0.1, -0.05) is 11.6 Å². The Morgan fingerprint density at radius 3 is 2.94 bits per heavy atom. The minimum absolute atomic E-state index is 0.765. The van der Waals surface area contributed by atoms with Crippen LogP contribution in [0.3, 0.4) is 0 Å². The van der Waals surface area contributed by atoms with Crippen molar-refractivity contribution in [2.45, 2.75) is 0 Å². The molecule has 0 saturated carbocycles. The van der Waals surface area contributed by atoms with Gasteiger partial charge in [-0.15, -0.1) is 11.3 Å². The second kappa shape index (κ2) is 4.05. The van der Waals surface area contributed by atoms with E-state index in [1.165, 1.54) is 11.3 Å². The normalized spacial score (nSPS) is 10.9. The number of hydrogen-bond donors (Lipinski definition) is 0. The average Bonchev–Trinajstić information content (AvgIpc) is 2.93. The summed E-state index contributed by atoms with van der Waals surface area (Å²) in [6.45, 7) is 0. The van der Waals surface area contributed by atoms with E-state index in [0.717, 1.165) is 26.3 Å². The van der Waals surface area contributed by atoms with Gasteiger partial charge < -0.3 is 9.14 Å². The molecule has 0 aliphatic carbocycles. The number of aromatic nitrogens is 2. The number of nitrogens with zero attached hydrogens (tertiary/aromatic N) is 2. The zero-order valence-electron chi connectivity index (χ0n) is 9.05. The van der Waals surface area contributed by atoms with Crippen molar-refractivity contribution in [3.8, 4) is 16.3 Å². The quantitative estimate of drug-likeness (QED) is 0.705. The van der Waals surface area contributed by atoms with Crippen molar-refractivity contribution in [3.05, 3.63) is 41.0 Å².